The van der Waals surface area contributed by atoms with Crippen LogP contribution in [-0.2, 0) is 4.79 Å². The molecule has 2 N–H and O–H groups in total. The van der Waals surface area contributed by atoms with Gasteiger partial charge in [-0.25, -0.2) is 4.79 Å². The summed E-state index contributed by atoms with van der Waals surface area (Å²) in [5, 5.41) is 14.5. The van der Waals surface area contributed by atoms with E-state index in [0.29, 0.717) is 40.9 Å². The predicted octanol–water partition coefficient (Wildman–Crippen LogP) is 6.10. The van der Waals surface area contributed by atoms with Crippen LogP contribution in [0.3, 0.4) is 0 Å². The van der Waals surface area contributed by atoms with Crippen LogP contribution in [0.4, 0.5) is 5.69 Å². The van der Waals surface area contributed by atoms with E-state index in [1.165, 1.54) is 6.07 Å². The summed E-state index contributed by atoms with van der Waals surface area (Å²) >= 11 is 13.0. The molecule has 1 aliphatic heterocycles. The van der Waals surface area contributed by atoms with Crippen molar-refractivity contribution < 1.29 is 23.8 Å². The number of fused-ring (bicyclic) bond motifs is 2. The lowest BCUT2D eigenvalue weighted by Crippen LogP contribution is -2.07. The summed E-state index contributed by atoms with van der Waals surface area (Å²) in [6, 6.07) is 12.3. The number of carbonyl (C=O) groups is 2. The van der Waals surface area contributed by atoms with Crippen molar-refractivity contribution in [1.82, 2.24) is 0 Å². The highest BCUT2D eigenvalue weighted by molar-refractivity contribution is 6.40. The fourth-order valence-corrected chi connectivity index (χ4v) is 4.49. The van der Waals surface area contributed by atoms with Gasteiger partial charge >= 0.3 is 5.97 Å². The third kappa shape index (κ3) is 4.20. The minimum Gasteiger partial charge on any atom is -0.478 e. The first kappa shape index (κ1) is 23.6. The molecule has 1 heterocycles. The number of carbonyl (C=O) groups excluding carboxylic acids is 1. The number of rotatable bonds is 7. The number of carboxylic acid groups (broad SMARTS) is 1. The van der Waals surface area contributed by atoms with E-state index >= 15 is 0 Å². The molecule has 0 spiro atoms. The highest BCUT2D eigenvalue weighted by atomic mass is 35.5. The van der Waals surface area contributed by atoms with Gasteiger partial charge in [0.05, 0.1) is 21.0 Å². The van der Waals surface area contributed by atoms with Crippen LogP contribution in [0.2, 0.25) is 10.0 Å². The number of nitrogens with one attached hydrogen (secondary N) is 1. The van der Waals surface area contributed by atoms with Crippen molar-refractivity contribution >= 4 is 52.3 Å². The lowest BCUT2D eigenvalue weighted by molar-refractivity contribution is -0.120. The minimum atomic E-state index is -1.32. The number of anilines is 1. The lowest BCUT2D eigenvalue weighted by atomic mass is 9.90. The van der Waals surface area contributed by atoms with Crippen LogP contribution in [0.5, 0.6) is 5.75 Å². The zero-order chi connectivity index (χ0) is 24.4. The Balaban J connectivity index is 2.18. The Hall–Kier alpha value is -3.55. The molecule has 34 heavy (non-hydrogen) atoms. The predicted molar refractivity (Wildman–Crippen MR) is 132 cm³/mol. The van der Waals surface area contributed by atoms with Crippen LogP contribution in [0.1, 0.15) is 24.2 Å². The van der Waals surface area contributed by atoms with E-state index in [-0.39, 0.29) is 33.4 Å². The van der Waals surface area contributed by atoms with E-state index in [1.54, 1.807) is 6.07 Å². The largest absolute Gasteiger partial charge is 0.478 e. The monoisotopic (exact) mass is 498 g/mol. The number of ether oxygens (including phenoxy) is 1. The molecule has 0 fully saturated rings. The maximum atomic E-state index is 12.3. The molecule has 4 rings (SSSR count). The van der Waals surface area contributed by atoms with Crippen molar-refractivity contribution in [2.45, 2.75) is 13.8 Å². The standard InChI is InChI=1S/C25H20Cl2N2O5/c1-3-28-13-5-7-15-18(9-13)34-19-10-14(29-4-2)6-8-16(19)21(15)22-17(26)11-20(33-12-30)24(27)23(22)25(31)32/h5-12,28H,3-4H2,1-2H3,(H,31,32). The molecule has 174 valence electrons. The van der Waals surface area contributed by atoms with Crippen molar-refractivity contribution in [2.75, 3.05) is 18.4 Å². The Morgan fingerprint density at radius 2 is 1.94 bits per heavy atom. The second kappa shape index (κ2) is 9.75. The van der Waals surface area contributed by atoms with Gasteiger partial charge in [0, 0.05) is 59.1 Å². The summed E-state index contributed by atoms with van der Waals surface area (Å²) in [4.78, 5) is 27.7. The molecule has 0 radical (unpaired) electrons. The number of carboxylic acids is 1. The first-order chi connectivity index (χ1) is 16.4. The number of benzene rings is 3. The van der Waals surface area contributed by atoms with Gasteiger partial charge in [0.1, 0.15) is 11.3 Å². The number of nitrogens with zero attached hydrogens (tertiary/aromatic N) is 1. The molecule has 2 aromatic rings. The van der Waals surface area contributed by atoms with Crippen LogP contribution in [0.15, 0.2) is 51.9 Å². The van der Waals surface area contributed by atoms with Crippen molar-refractivity contribution in [2.24, 2.45) is 4.99 Å². The molecule has 1 aliphatic carbocycles. The third-order valence-electron chi connectivity index (χ3n) is 5.25. The molecule has 0 atom stereocenters. The van der Waals surface area contributed by atoms with Gasteiger partial charge < -0.3 is 19.6 Å². The Morgan fingerprint density at radius 3 is 2.62 bits per heavy atom. The number of hydrogen-bond acceptors (Lipinski definition) is 6. The topological polar surface area (TPSA) is 101 Å². The van der Waals surface area contributed by atoms with Gasteiger partial charge in [0.15, 0.2) is 5.75 Å². The molecule has 0 aromatic heterocycles. The second-order valence-electron chi connectivity index (χ2n) is 7.31. The molecule has 0 amide bonds. The Morgan fingerprint density at radius 1 is 1.15 bits per heavy atom. The van der Waals surface area contributed by atoms with Gasteiger partial charge in [0.2, 0.25) is 0 Å². The summed E-state index contributed by atoms with van der Waals surface area (Å²) in [5.74, 6) is -0.958. The van der Waals surface area contributed by atoms with Gasteiger partial charge in [-0.05, 0) is 38.1 Å². The second-order valence-corrected chi connectivity index (χ2v) is 8.10. The summed E-state index contributed by atoms with van der Waals surface area (Å²) in [6.07, 6.45) is 0. The molecule has 9 heteroatoms. The number of halogens is 2. The smallest absolute Gasteiger partial charge is 0.338 e. The summed E-state index contributed by atoms with van der Waals surface area (Å²) in [5.41, 5.74) is 2.44. The van der Waals surface area contributed by atoms with Gasteiger partial charge in [-0.1, -0.05) is 23.2 Å². The number of aromatic carboxylic acids is 1. The van der Waals surface area contributed by atoms with Gasteiger partial charge in [-0.3, -0.25) is 9.79 Å². The average Bonchev–Trinajstić information content (AvgIpc) is 2.80. The molecule has 2 aliphatic rings. The molecule has 0 saturated carbocycles. The first-order valence-electron chi connectivity index (χ1n) is 10.5. The molecule has 7 nitrogen and oxygen atoms in total. The highest BCUT2D eigenvalue weighted by Crippen LogP contribution is 2.48. The molecule has 0 bridgehead atoms. The van der Waals surface area contributed by atoms with Crippen molar-refractivity contribution in [3.63, 3.8) is 0 Å². The fourth-order valence-electron chi connectivity index (χ4n) is 3.93. The van der Waals surface area contributed by atoms with Crippen LogP contribution >= 0.6 is 23.2 Å². The quantitative estimate of drug-likeness (QED) is 0.236. The normalized spacial score (nSPS) is 11.7. The zero-order valence-electron chi connectivity index (χ0n) is 18.3. The van der Waals surface area contributed by atoms with E-state index in [4.69, 9.17) is 32.4 Å². The highest BCUT2D eigenvalue weighted by Gasteiger charge is 2.28. The molecule has 0 unspecified atom stereocenters. The fraction of sp³-hybridized carbons (Fsp3) is 0.160. The third-order valence-corrected chi connectivity index (χ3v) is 5.92. The molecule has 2 aromatic carbocycles. The Kier molecular flexibility index (Phi) is 6.77. The molecule has 0 saturated heterocycles. The SMILES string of the molecule is CCN=c1ccc2c(-c3c(Cl)cc(OC=O)c(Cl)c3C(=O)O)c3ccc(NCC)cc3oc-2c1. The van der Waals surface area contributed by atoms with E-state index in [2.05, 4.69) is 10.3 Å². The zero-order valence-corrected chi connectivity index (χ0v) is 19.8. The molecular formula is C25H20Cl2N2O5. The van der Waals surface area contributed by atoms with E-state index in [9.17, 15) is 14.7 Å². The van der Waals surface area contributed by atoms with Crippen LogP contribution in [-0.4, -0.2) is 30.6 Å². The first-order valence-corrected chi connectivity index (χ1v) is 11.3. The van der Waals surface area contributed by atoms with E-state index in [1.807, 2.05) is 44.2 Å². The van der Waals surface area contributed by atoms with Crippen LogP contribution in [0, 0.1) is 0 Å². The van der Waals surface area contributed by atoms with E-state index < -0.39 is 5.97 Å². The van der Waals surface area contributed by atoms with Crippen molar-refractivity contribution in [3.05, 3.63) is 63.4 Å². The van der Waals surface area contributed by atoms with Crippen LogP contribution in [0.25, 0.3) is 33.4 Å². The van der Waals surface area contributed by atoms with Crippen LogP contribution < -0.4 is 15.4 Å². The average molecular weight is 499 g/mol. The van der Waals surface area contributed by atoms with Gasteiger partial charge in [-0.15, -0.1) is 0 Å². The maximum absolute atomic E-state index is 12.3. The summed E-state index contributed by atoms with van der Waals surface area (Å²) in [6.45, 7) is 5.39. The van der Waals surface area contributed by atoms with Crippen molar-refractivity contribution in [3.8, 4) is 28.2 Å². The maximum Gasteiger partial charge on any atom is 0.338 e. The summed E-state index contributed by atoms with van der Waals surface area (Å²) in [7, 11) is 0. The Bertz CT molecular complexity index is 1460. The van der Waals surface area contributed by atoms with Crippen molar-refractivity contribution in [1.29, 1.82) is 0 Å². The van der Waals surface area contributed by atoms with Gasteiger partial charge in [0.25, 0.3) is 6.47 Å². The minimum absolute atomic E-state index is 0.0607. The molecular weight excluding hydrogens is 479 g/mol. The lowest BCUT2D eigenvalue weighted by Gasteiger charge is -2.20. The number of hydrogen-bond donors (Lipinski definition) is 2. The van der Waals surface area contributed by atoms with Gasteiger partial charge in [-0.2, -0.15) is 0 Å². The summed E-state index contributed by atoms with van der Waals surface area (Å²) < 4.78 is 11.1. The Labute approximate surface area is 204 Å². The van der Waals surface area contributed by atoms with E-state index in [0.717, 1.165) is 11.0 Å².